The highest BCUT2D eigenvalue weighted by Crippen LogP contribution is 2.19. The summed E-state index contributed by atoms with van der Waals surface area (Å²) in [5.41, 5.74) is 0. The molecule has 1 aromatic rings. The molecule has 102 valence electrons. The van der Waals surface area contributed by atoms with Crippen LogP contribution < -0.4 is 5.32 Å². The van der Waals surface area contributed by atoms with Crippen LogP contribution in [0.25, 0.3) is 0 Å². The lowest BCUT2D eigenvalue weighted by Crippen LogP contribution is -2.43. The molecular formula is C11H18ClN3O2S. The van der Waals surface area contributed by atoms with Crippen LogP contribution in [-0.2, 0) is 10.0 Å². The van der Waals surface area contributed by atoms with Gasteiger partial charge >= 0.3 is 0 Å². The summed E-state index contributed by atoms with van der Waals surface area (Å²) in [6, 6.07) is 3.66. The molecule has 0 atom stereocenters. The van der Waals surface area contributed by atoms with Gasteiger partial charge < -0.3 is 5.32 Å². The van der Waals surface area contributed by atoms with Gasteiger partial charge in [-0.3, -0.25) is 4.98 Å². The lowest BCUT2D eigenvalue weighted by Gasteiger charge is -2.30. The van der Waals surface area contributed by atoms with E-state index in [0.29, 0.717) is 19.1 Å². The summed E-state index contributed by atoms with van der Waals surface area (Å²) in [4.78, 5) is 4.14. The molecule has 1 aliphatic heterocycles. The van der Waals surface area contributed by atoms with Crippen LogP contribution in [-0.4, -0.2) is 43.9 Å². The van der Waals surface area contributed by atoms with Crippen molar-refractivity contribution >= 4 is 22.4 Å². The van der Waals surface area contributed by atoms with E-state index in [1.807, 2.05) is 7.05 Å². The summed E-state index contributed by atoms with van der Waals surface area (Å²) >= 11 is 0. The van der Waals surface area contributed by atoms with Crippen LogP contribution in [0.5, 0.6) is 0 Å². The Morgan fingerprint density at radius 3 is 2.56 bits per heavy atom. The van der Waals surface area contributed by atoms with Gasteiger partial charge in [-0.1, -0.05) is 0 Å². The summed E-state index contributed by atoms with van der Waals surface area (Å²) in [5, 5.41) is 3.18. The van der Waals surface area contributed by atoms with Crippen LogP contribution >= 0.6 is 12.4 Å². The predicted octanol–water partition coefficient (Wildman–Crippen LogP) is 0.876. The summed E-state index contributed by atoms with van der Waals surface area (Å²) in [5.74, 6) is 0. The summed E-state index contributed by atoms with van der Waals surface area (Å²) in [7, 11) is -1.44. The molecular weight excluding hydrogens is 274 g/mol. The Morgan fingerprint density at radius 1 is 1.39 bits per heavy atom. The van der Waals surface area contributed by atoms with Gasteiger partial charge in [-0.05, 0) is 32.0 Å². The van der Waals surface area contributed by atoms with Crippen molar-refractivity contribution in [1.29, 1.82) is 0 Å². The Bertz CT molecular complexity index is 458. The Labute approximate surface area is 114 Å². The number of pyridine rings is 1. The smallest absolute Gasteiger partial charge is 0.244 e. The van der Waals surface area contributed by atoms with Crippen molar-refractivity contribution in [2.24, 2.45) is 0 Å². The minimum Gasteiger partial charge on any atom is -0.317 e. The van der Waals surface area contributed by atoms with E-state index in [9.17, 15) is 8.42 Å². The Hall–Kier alpha value is -0.690. The molecule has 1 aromatic heterocycles. The van der Waals surface area contributed by atoms with Gasteiger partial charge in [0, 0.05) is 31.5 Å². The third kappa shape index (κ3) is 3.20. The number of rotatable bonds is 3. The van der Waals surface area contributed by atoms with Gasteiger partial charge in [0.15, 0.2) is 0 Å². The summed E-state index contributed by atoms with van der Waals surface area (Å²) < 4.78 is 26.0. The second kappa shape index (κ2) is 6.47. The normalized spacial score (nSPS) is 18.3. The summed E-state index contributed by atoms with van der Waals surface area (Å²) in [6.45, 7) is 1.14. The van der Waals surface area contributed by atoms with Gasteiger partial charge in [-0.2, -0.15) is 4.31 Å². The van der Waals surface area contributed by atoms with E-state index in [1.54, 1.807) is 18.3 Å². The molecule has 0 bridgehead atoms. The minimum atomic E-state index is -3.35. The van der Waals surface area contributed by atoms with E-state index in [1.165, 1.54) is 10.5 Å². The molecule has 0 aliphatic carbocycles. The molecule has 0 radical (unpaired) electrons. The van der Waals surface area contributed by atoms with Gasteiger partial charge in [-0.25, -0.2) is 8.42 Å². The molecule has 2 rings (SSSR count). The fourth-order valence-corrected chi connectivity index (χ4v) is 3.47. The van der Waals surface area contributed by atoms with E-state index in [-0.39, 0.29) is 17.3 Å². The second-order valence-corrected chi connectivity index (χ2v) is 6.09. The fourth-order valence-electron chi connectivity index (χ4n) is 2.03. The molecule has 1 saturated heterocycles. The van der Waals surface area contributed by atoms with Crippen LogP contribution in [0.1, 0.15) is 12.8 Å². The number of aromatic nitrogens is 1. The molecule has 1 aliphatic rings. The molecule has 1 fully saturated rings. The van der Waals surface area contributed by atoms with E-state index in [2.05, 4.69) is 10.3 Å². The van der Waals surface area contributed by atoms with Crippen molar-refractivity contribution in [1.82, 2.24) is 14.6 Å². The van der Waals surface area contributed by atoms with Crippen molar-refractivity contribution < 1.29 is 8.42 Å². The maximum absolute atomic E-state index is 12.2. The monoisotopic (exact) mass is 291 g/mol. The number of halogens is 1. The average molecular weight is 292 g/mol. The molecule has 2 heterocycles. The number of piperidine rings is 1. The maximum atomic E-state index is 12.2. The van der Waals surface area contributed by atoms with Gasteiger partial charge in [-0.15, -0.1) is 12.4 Å². The van der Waals surface area contributed by atoms with E-state index in [4.69, 9.17) is 0 Å². The van der Waals surface area contributed by atoms with Crippen molar-refractivity contribution in [2.45, 2.75) is 23.8 Å². The number of hydrogen-bond donors (Lipinski definition) is 1. The molecule has 0 aromatic carbocycles. The fraction of sp³-hybridized carbons (Fsp3) is 0.545. The molecule has 0 unspecified atom stereocenters. The average Bonchev–Trinajstić information content (AvgIpc) is 2.40. The number of sulfonamides is 1. The highest BCUT2D eigenvalue weighted by Gasteiger charge is 2.28. The molecule has 1 N–H and O–H groups in total. The standard InChI is InChI=1S/C11H17N3O2S.ClH/c1-12-10-4-7-14(8-5-10)17(15,16)11-3-2-6-13-9-11;/h2-3,6,9-10,12H,4-5,7-8H2,1H3;1H. The zero-order valence-electron chi connectivity index (χ0n) is 10.2. The first-order chi connectivity index (χ1) is 8.14. The van der Waals surface area contributed by atoms with Crippen molar-refractivity contribution in [2.75, 3.05) is 20.1 Å². The zero-order valence-corrected chi connectivity index (χ0v) is 11.9. The van der Waals surface area contributed by atoms with Crippen molar-refractivity contribution in [3.8, 4) is 0 Å². The van der Waals surface area contributed by atoms with E-state index < -0.39 is 10.0 Å². The van der Waals surface area contributed by atoms with Crippen molar-refractivity contribution in [3.05, 3.63) is 24.5 Å². The topological polar surface area (TPSA) is 62.3 Å². The van der Waals surface area contributed by atoms with Crippen LogP contribution in [0.2, 0.25) is 0 Å². The van der Waals surface area contributed by atoms with Crippen LogP contribution in [0, 0.1) is 0 Å². The molecule has 18 heavy (non-hydrogen) atoms. The Morgan fingerprint density at radius 2 is 2.06 bits per heavy atom. The number of nitrogens with zero attached hydrogens (tertiary/aromatic N) is 2. The summed E-state index contributed by atoms with van der Waals surface area (Å²) in [6.07, 6.45) is 4.69. The van der Waals surface area contributed by atoms with Gasteiger partial charge in [0.2, 0.25) is 10.0 Å². The Balaban J connectivity index is 0.00000162. The predicted molar refractivity (Wildman–Crippen MR) is 72.3 cm³/mol. The van der Waals surface area contributed by atoms with Crippen LogP contribution in [0.3, 0.4) is 0 Å². The molecule has 0 spiro atoms. The third-order valence-electron chi connectivity index (χ3n) is 3.13. The lowest BCUT2D eigenvalue weighted by molar-refractivity contribution is 0.298. The van der Waals surface area contributed by atoms with Gasteiger partial charge in [0.05, 0.1) is 0 Å². The Kier molecular flexibility index (Phi) is 5.52. The zero-order chi connectivity index (χ0) is 12.3. The highest BCUT2D eigenvalue weighted by molar-refractivity contribution is 7.89. The lowest BCUT2D eigenvalue weighted by atomic mass is 10.1. The minimum absolute atomic E-state index is 0. The van der Waals surface area contributed by atoms with Gasteiger partial charge in [0.25, 0.3) is 0 Å². The first kappa shape index (κ1) is 15.4. The molecule has 0 amide bonds. The SMILES string of the molecule is CNC1CCN(S(=O)(=O)c2cccnc2)CC1.Cl. The molecule has 7 heteroatoms. The first-order valence-electron chi connectivity index (χ1n) is 5.72. The maximum Gasteiger partial charge on any atom is 0.244 e. The number of nitrogens with one attached hydrogen (secondary N) is 1. The first-order valence-corrected chi connectivity index (χ1v) is 7.16. The second-order valence-electron chi connectivity index (χ2n) is 4.16. The van der Waals surface area contributed by atoms with Gasteiger partial charge in [0.1, 0.15) is 4.90 Å². The number of hydrogen-bond acceptors (Lipinski definition) is 4. The molecule has 5 nitrogen and oxygen atoms in total. The van der Waals surface area contributed by atoms with Crippen molar-refractivity contribution in [3.63, 3.8) is 0 Å². The largest absolute Gasteiger partial charge is 0.317 e. The highest BCUT2D eigenvalue weighted by atomic mass is 35.5. The third-order valence-corrected chi connectivity index (χ3v) is 5.02. The van der Waals surface area contributed by atoms with E-state index in [0.717, 1.165) is 12.8 Å². The quantitative estimate of drug-likeness (QED) is 0.898. The van der Waals surface area contributed by atoms with E-state index >= 15 is 0 Å². The van der Waals surface area contributed by atoms with Crippen LogP contribution in [0.15, 0.2) is 29.4 Å². The van der Waals surface area contributed by atoms with Crippen LogP contribution in [0.4, 0.5) is 0 Å². The molecule has 0 saturated carbocycles.